The Morgan fingerprint density at radius 2 is 1.85 bits per heavy atom. The van der Waals surface area contributed by atoms with Gasteiger partial charge in [0.05, 0.1) is 0 Å². The zero-order valence-corrected chi connectivity index (χ0v) is 9.22. The van der Waals surface area contributed by atoms with Crippen LogP contribution in [-0.2, 0) is 4.79 Å². The molecular weight excluding hydrogens is 164 g/mol. The van der Waals surface area contributed by atoms with E-state index in [0.717, 1.165) is 0 Å². The molecule has 0 radical (unpaired) electrons. The molecule has 0 heterocycles. The van der Waals surface area contributed by atoms with Crippen LogP contribution in [0.2, 0.25) is 0 Å². The van der Waals surface area contributed by atoms with Gasteiger partial charge in [0, 0.05) is 17.9 Å². The zero-order valence-electron chi connectivity index (χ0n) is 9.22. The summed E-state index contributed by atoms with van der Waals surface area (Å²) in [5, 5.41) is 9.51. The van der Waals surface area contributed by atoms with Crippen LogP contribution < -0.4 is 0 Å². The van der Waals surface area contributed by atoms with Crippen LogP contribution >= 0.6 is 0 Å². The molecule has 0 fully saturated rings. The van der Waals surface area contributed by atoms with Crippen molar-refractivity contribution in [2.45, 2.75) is 41.0 Å². The molecule has 1 N–H and O–H groups in total. The minimum Gasteiger partial charge on any atom is -0.512 e. The van der Waals surface area contributed by atoms with E-state index in [2.05, 4.69) is 0 Å². The van der Waals surface area contributed by atoms with E-state index < -0.39 is 0 Å². The maximum Gasteiger partial charge on any atom is 0.159 e. The Bertz CT molecular complexity index is 207. The highest BCUT2D eigenvalue weighted by Crippen LogP contribution is 2.22. The minimum atomic E-state index is -0.327. The lowest BCUT2D eigenvalue weighted by molar-refractivity contribution is -0.115. The van der Waals surface area contributed by atoms with Crippen LogP contribution in [0.25, 0.3) is 0 Å². The Morgan fingerprint density at radius 3 is 2.15 bits per heavy atom. The standard InChI is InChI=1S/C11H20O2/c1-8(2)6-9(12)7-10(13)11(3,4)5/h7-8,13H,6H2,1-5H3. The maximum atomic E-state index is 11.3. The largest absolute Gasteiger partial charge is 0.512 e. The third-order valence-corrected chi connectivity index (χ3v) is 1.68. The molecule has 0 aliphatic carbocycles. The summed E-state index contributed by atoms with van der Waals surface area (Å²) >= 11 is 0. The molecule has 0 aromatic rings. The Morgan fingerprint density at radius 1 is 1.38 bits per heavy atom. The van der Waals surface area contributed by atoms with Gasteiger partial charge in [-0.25, -0.2) is 0 Å². The van der Waals surface area contributed by atoms with E-state index in [-0.39, 0.29) is 17.0 Å². The van der Waals surface area contributed by atoms with Crippen LogP contribution in [0.1, 0.15) is 41.0 Å². The average Bonchev–Trinajstić information content (AvgIpc) is 1.82. The number of allylic oxidation sites excluding steroid dienone is 2. The van der Waals surface area contributed by atoms with Gasteiger partial charge in [0.2, 0.25) is 0 Å². The molecule has 0 rings (SSSR count). The number of ketones is 1. The lowest BCUT2D eigenvalue weighted by Crippen LogP contribution is -2.11. The highest BCUT2D eigenvalue weighted by atomic mass is 16.3. The van der Waals surface area contributed by atoms with Crippen molar-refractivity contribution in [2.75, 3.05) is 0 Å². The molecule has 0 atom stereocenters. The summed E-state index contributed by atoms with van der Waals surface area (Å²) in [6.07, 6.45) is 1.85. The van der Waals surface area contributed by atoms with Gasteiger partial charge in [0.25, 0.3) is 0 Å². The molecule has 76 valence electrons. The summed E-state index contributed by atoms with van der Waals surface area (Å²) in [7, 11) is 0. The van der Waals surface area contributed by atoms with E-state index in [4.69, 9.17) is 0 Å². The van der Waals surface area contributed by atoms with Crippen molar-refractivity contribution in [3.8, 4) is 0 Å². The van der Waals surface area contributed by atoms with E-state index in [1.807, 2.05) is 34.6 Å². The van der Waals surface area contributed by atoms with Crippen LogP contribution in [0.5, 0.6) is 0 Å². The van der Waals surface area contributed by atoms with Crippen LogP contribution in [-0.4, -0.2) is 10.9 Å². The monoisotopic (exact) mass is 184 g/mol. The number of aliphatic hydroxyl groups excluding tert-OH is 1. The summed E-state index contributed by atoms with van der Waals surface area (Å²) in [5.74, 6) is 0.511. The molecule has 2 nitrogen and oxygen atoms in total. The predicted octanol–water partition coefficient (Wildman–Crippen LogP) is 3.09. The Balaban J connectivity index is 4.32. The first-order chi connectivity index (χ1) is 5.73. The Kier molecular flexibility index (Phi) is 4.18. The van der Waals surface area contributed by atoms with Gasteiger partial charge < -0.3 is 5.11 Å². The molecule has 0 bridgehead atoms. The second-order valence-electron chi connectivity index (χ2n) is 4.84. The molecule has 0 aromatic heterocycles. The molecule has 0 amide bonds. The van der Waals surface area contributed by atoms with Crippen LogP contribution in [0.15, 0.2) is 11.8 Å². The predicted molar refractivity (Wildman–Crippen MR) is 54.6 cm³/mol. The quantitative estimate of drug-likeness (QED) is 0.540. The number of hydrogen-bond donors (Lipinski definition) is 1. The van der Waals surface area contributed by atoms with Crippen molar-refractivity contribution in [1.82, 2.24) is 0 Å². The molecule has 0 saturated heterocycles. The summed E-state index contributed by atoms with van der Waals surface area (Å²) in [4.78, 5) is 11.3. The van der Waals surface area contributed by atoms with Gasteiger partial charge in [-0.15, -0.1) is 0 Å². The van der Waals surface area contributed by atoms with Gasteiger partial charge in [0.1, 0.15) is 5.76 Å². The minimum absolute atomic E-state index is 0.00225. The van der Waals surface area contributed by atoms with Gasteiger partial charge >= 0.3 is 0 Å². The van der Waals surface area contributed by atoms with Crippen molar-refractivity contribution in [3.05, 3.63) is 11.8 Å². The fraction of sp³-hybridized carbons (Fsp3) is 0.727. The lowest BCUT2D eigenvalue weighted by Gasteiger charge is -2.16. The van der Waals surface area contributed by atoms with Crippen LogP contribution in [0, 0.1) is 11.3 Å². The average molecular weight is 184 g/mol. The van der Waals surface area contributed by atoms with Gasteiger partial charge in [-0.2, -0.15) is 0 Å². The normalized spacial score (nSPS) is 13.5. The first-order valence-corrected chi connectivity index (χ1v) is 4.67. The topological polar surface area (TPSA) is 37.3 Å². The number of hydrogen-bond acceptors (Lipinski definition) is 2. The smallest absolute Gasteiger partial charge is 0.159 e. The molecular formula is C11H20O2. The summed E-state index contributed by atoms with van der Waals surface area (Å²) in [6.45, 7) is 9.60. The van der Waals surface area contributed by atoms with E-state index in [1.165, 1.54) is 6.08 Å². The zero-order chi connectivity index (χ0) is 10.6. The van der Waals surface area contributed by atoms with Crippen LogP contribution in [0.4, 0.5) is 0 Å². The summed E-state index contributed by atoms with van der Waals surface area (Å²) < 4.78 is 0. The Hall–Kier alpha value is -0.790. The van der Waals surface area contributed by atoms with E-state index in [0.29, 0.717) is 12.3 Å². The maximum absolute atomic E-state index is 11.3. The first kappa shape index (κ1) is 12.2. The van der Waals surface area contributed by atoms with Crippen LogP contribution in [0.3, 0.4) is 0 Å². The van der Waals surface area contributed by atoms with Gasteiger partial charge in [-0.05, 0) is 5.92 Å². The van der Waals surface area contributed by atoms with Gasteiger partial charge in [0.15, 0.2) is 5.78 Å². The number of aliphatic hydroxyl groups is 1. The molecule has 0 spiro atoms. The Labute approximate surface area is 80.7 Å². The molecule has 0 saturated carbocycles. The molecule has 0 aromatic carbocycles. The fourth-order valence-electron chi connectivity index (χ4n) is 0.830. The second-order valence-corrected chi connectivity index (χ2v) is 4.84. The van der Waals surface area contributed by atoms with E-state index >= 15 is 0 Å². The molecule has 2 heteroatoms. The SMILES string of the molecule is CC(C)CC(=O)C=C(O)C(C)(C)C. The summed E-state index contributed by atoms with van der Waals surface area (Å²) in [6, 6.07) is 0. The van der Waals surface area contributed by atoms with E-state index in [9.17, 15) is 9.90 Å². The van der Waals surface area contributed by atoms with Crippen molar-refractivity contribution >= 4 is 5.78 Å². The second kappa shape index (κ2) is 4.45. The first-order valence-electron chi connectivity index (χ1n) is 4.67. The third-order valence-electron chi connectivity index (χ3n) is 1.68. The lowest BCUT2D eigenvalue weighted by atomic mass is 9.92. The molecule has 0 unspecified atom stereocenters. The number of carbonyl (C=O) groups is 1. The summed E-state index contributed by atoms with van der Waals surface area (Å²) in [5.41, 5.74) is -0.327. The third kappa shape index (κ3) is 5.45. The molecule has 0 aliphatic heterocycles. The van der Waals surface area contributed by atoms with Gasteiger partial charge in [-0.1, -0.05) is 34.6 Å². The highest BCUT2D eigenvalue weighted by molar-refractivity contribution is 5.90. The van der Waals surface area contributed by atoms with Gasteiger partial charge in [-0.3, -0.25) is 4.79 Å². The van der Waals surface area contributed by atoms with Crippen molar-refractivity contribution in [3.63, 3.8) is 0 Å². The van der Waals surface area contributed by atoms with Crippen molar-refractivity contribution in [1.29, 1.82) is 0 Å². The molecule has 13 heavy (non-hydrogen) atoms. The number of carbonyl (C=O) groups excluding carboxylic acids is 1. The number of rotatable bonds is 3. The van der Waals surface area contributed by atoms with E-state index in [1.54, 1.807) is 0 Å². The molecule has 0 aliphatic rings. The fourth-order valence-corrected chi connectivity index (χ4v) is 0.830. The van der Waals surface area contributed by atoms with Crippen molar-refractivity contribution < 1.29 is 9.90 Å². The van der Waals surface area contributed by atoms with Crippen molar-refractivity contribution in [2.24, 2.45) is 11.3 Å². The highest BCUT2D eigenvalue weighted by Gasteiger charge is 2.17.